The van der Waals surface area contributed by atoms with Crippen molar-refractivity contribution in [3.63, 3.8) is 0 Å². The lowest BCUT2D eigenvalue weighted by atomic mass is 9.87. The van der Waals surface area contributed by atoms with Gasteiger partial charge in [0.25, 0.3) is 11.5 Å². The Labute approximate surface area is 202 Å². The van der Waals surface area contributed by atoms with E-state index in [0.717, 1.165) is 29.2 Å². The van der Waals surface area contributed by atoms with Crippen LogP contribution in [0, 0.1) is 6.92 Å². The monoisotopic (exact) mass is 467 g/mol. The number of amides is 1. The standard InChI is InChI=1S/C28H25N3O2S/c1-19-9-15-23(16-10-19)34-26-17-18-27(32)31(30-26)22-13-11-21(12-14-22)28(33)29-25-8-4-6-20-5-2-3-7-24(20)25/h2-3,5,7,9-18,25H,4,6,8H2,1H3,(H,29,33)/t25-/m0/s1. The van der Waals surface area contributed by atoms with Crippen LogP contribution in [0.25, 0.3) is 5.69 Å². The SMILES string of the molecule is Cc1ccc(Sc2ccc(=O)n(-c3ccc(C(=O)N[C@H]4CCCc5ccccc54)cc3)n2)cc1. The summed E-state index contributed by atoms with van der Waals surface area (Å²) in [5.74, 6) is -0.114. The maximum Gasteiger partial charge on any atom is 0.271 e. The molecule has 170 valence electrons. The predicted molar refractivity (Wildman–Crippen MR) is 135 cm³/mol. The number of fused-ring (bicyclic) bond motifs is 1. The lowest BCUT2D eigenvalue weighted by Crippen LogP contribution is -2.31. The Morgan fingerprint density at radius 2 is 1.74 bits per heavy atom. The van der Waals surface area contributed by atoms with Crippen LogP contribution in [-0.4, -0.2) is 15.7 Å². The third-order valence-corrected chi connectivity index (χ3v) is 7.00. The first-order chi connectivity index (χ1) is 16.6. The molecule has 0 aliphatic heterocycles. The van der Waals surface area contributed by atoms with E-state index in [9.17, 15) is 9.59 Å². The van der Waals surface area contributed by atoms with Crippen molar-refractivity contribution in [3.05, 3.63) is 118 Å². The van der Waals surface area contributed by atoms with Gasteiger partial charge in [0, 0.05) is 16.5 Å². The summed E-state index contributed by atoms with van der Waals surface area (Å²) in [4.78, 5) is 26.5. The summed E-state index contributed by atoms with van der Waals surface area (Å²) in [5, 5.41) is 8.42. The molecule has 0 saturated carbocycles. The van der Waals surface area contributed by atoms with Gasteiger partial charge in [0.05, 0.1) is 11.7 Å². The van der Waals surface area contributed by atoms with Crippen LogP contribution in [0.4, 0.5) is 0 Å². The third-order valence-electron chi connectivity index (χ3n) is 6.07. The topological polar surface area (TPSA) is 64.0 Å². The Hall–Kier alpha value is -3.64. The molecule has 1 aromatic heterocycles. The van der Waals surface area contributed by atoms with Crippen LogP contribution in [0.5, 0.6) is 0 Å². The first-order valence-electron chi connectivity index (χ1n) is 11.4. The highest BCUT2D eigenvalue weighted by atomic mass is 32.2. The Balaban J connectivity index is 1.33. The number of hydrogen-bond donors (Lipinski definition) is 1. The highest BCUT2D eigenvalue weighted by Gasteiger charge is 2.22. The molecule has 0 saturated heterocycles. The lowest BCUT2D eigenvalue weighted by Gasteiger charge is -2.26. The number of carbonyl (C=O) groups is 1. The van der Waals surface area contributed by atoms with Crippen molar-refractivity contribution in [2.45, 2.75) is 42.1 Å². The molecule has 1 amide bonds. The molecule has 6 heteroatoms. The Morgan fingerprint density at radius 1 is 0.971 bits per heavy atom. The fraction of sp³-hybridized carbons (Fsp3) is 0.179. The van der Waals surface area contributed by atoms with Gasteiger partial charge in [-0.05, 0) is 79.8 Å². The fourth-order valence-electron chi connectivity index (χ4n) is 4.26. The smallest absolute Gasteiger partial charge is 0.271 e. The van der Waals surface area contributed by atoms with Gasteiger partial charge in [-0.1, -0.05) is 53.7 Å². The maximum atomic E-state index is 12.9. The van der Waals surface area contributed by atoms with Crippen LogP contribution in [0.3, 0.4) is 0 Å². The molecule has 1 aliphatic rings. The quantitative estimate of drug-likeness (QED) is 0.421. The summed E-state index contributed by atoms with van der Waals surface area (Å²) >= 11 is 1.50. The minimum Gasteiger partial charge on any atom is -0.345 e. The van der Waals surface area contributed by atoms with Crippen molar-refractivity contribution in [3.8, 4) is 5.69 Å². The van der Waals surface area contributed by atoms with E-state index in [1.165, 1.54) is 39.2 Å². The Bertz CT molecular complexity index is 1380. The van der Waals surface area contributed by atoms with Crippen LogP contribution in [0.1, 0.15) is 45.9 Å². The zero-order chi connectivity index (χ0) is 23.5. The summed E-state index contributed by atoms with van der Waals surface area (Å²) in [6.45, 7) is 2.05. The van der Waals surface area contributed by atoms with Gasteiger partial charge in [0.2, 0.25) is 0 Å². The van der Waals surface area contributed by atoms with E-state index in [2.05, 4.69) is 22.5 Å². The van der Waals surface area contributed by atoms with Crippen LogP contribution in [0.15, 0.2) is 99.6 Å². The molecule has 0 spiro atoms. The largest absolute Gasteiger partial charge is 0.345 e. The van der Waals surface area contributed by atoms with E-state index in [0.29, 0.717) is 11.3 Å². The summed E-state index contributed by atoms with van der Waals surface area (Å²) in [6.07, 6.45) is 3.05. The van der Waals surface area contributed by atoms with Crippen molar-refractivity contribution in [1.82, 2.24) is 15.1 Å². The maximum absolute atomic E-state index is 12.9. The second-order valence-corrected chi connectivity index (χ2v) is 9.59. The fourth-order valence-corrected chi connectivity index (χ4v) is 5.03. The molecule has 5 nitrogen and oxygen atoms in total. The summed E-state index contributed by atoms with van der Waals surface area (Å²) < 4.78 is 1.37. The molecule has 0 unspecified atom stereocenters. The van der Waals surface area contributed by atoms with E-state index in [-0.39, 0.29) is 17.5 Å². The first kappa shape index (κ1) is 22.2. The van der Waals surface area contributed by atoms with Crippen molar-refractivity contribution in [2.75, 3.05) is 0 Å². The molecule has 3 aromatic carbocycles. The van der Waals surface area contributed by atoms with Crippen LogP contribution < -0.4 is 10.9 Å². The number of aromatic nitrogens is 2. The van der Waals surface area contributed by atoms with Crippen molar-refractivity contribution >= 4 is 17.7 Å². The van der Waals surface area contributed by atoms with Crippen LogP contribution in [0.2, 0.25) is 0 Å². The number of rotatable bonds is 5. The van der Waals surface area contributed by atoms with Crippen LogP contribution in [-0.2, 0) is 6.42 Å². The number of nitrogens with one attached hydrogen (secondary N) is 1. The zero-order valence-corrected chi connectivity index (χ0v) is 19.7. The molecule has 1 aliphatic carbocycles. The third kappa shape index (κ3) is 4.82. The summed E-state index contributed by atoms with van der Waals surface area (Å²) in [6, 6.07) is 26.8. The van der Waals surface area contributed by atoms with E-state index in [1.54, 1.807) is 30.3 Å². The van der Waals surface area contributed by atoms with Gasteiger partial charge in [0.1, 0.15) is 5.03 Å². The molecular formula is C28H25N3O2S. The summed E-state index contributed by atoms with van der Waals surface area (Å²) in [5.41, 5.74) is 4.67. The number of hydrogen-bond acceptors (Lipinski definition) is 4. The second-order valence-electron chi connectivity index (χ2n) is 8.50. The minimum atomic E-state index is -0.218. The molecule has 5 rings (SSSR count). The van der Waals surface area contributed by atoms with Crippen molar-refractivity contribution in [2.24, 2.45) is 0 Å². The summed E-state index contributed by atoms with van der Waals surface area (Å²) in [7, 11) is 0. The van der Waals surface area contributed by atoms with Gasteiger partial charge in [-0.15, -0.1) is 0 Å². The van der Waals surface area contributed by atoms with E-state index < -0.39 is 0 Å². The molecule has 0 bridgehead atoms. The molecule has 1 heterocycles. The van der Waals surface area contributed by atoms with E-state index in [4.69, 9.17) is 0 Å². The first-order valence-corrected chi connectivity index (χ1v) is 12.2. The van der Waals surface area contributed by atoms with Crippen molar-refractivity contribution in [1.29, 1.82) is 0 Å². The predicted octanol–water partition coefficient (Wildman–Crippen LogP) is 5.50. The van der Waals surface area contributed by atoms with Crippen molar-refractivity contribution < 1.29 is 4.79 Å². The highest BCUT2D eigenvalue weighted by molar-refractivity contribution is 7.99. The zero-order valence-electron chi connectivity index (χ0n) is 18.9. The number of benzene rings is 3. The van der Waals surface area contributed by atoms with E-state index >= 15 is 0 Å². The van der Waals surface area contributed by atoms with E-state index in [1.807, 2.05) is 43.3 Å². The highest BCUT2D eigenvalue weighted by Crippen LogP contribution is 2.30. The van der Waals surface area contributed by atoms with Gasteiger partial charge < -0.3 is 5.32 Å². The number of nitrogens with zero attached hydrogens (tertiary/aromatic N) is 2. The van der Waals surface area contributed by atoms with Gasteiger partial charge in [-0.3, -0.25) is 9.59 Å². The van der Waals surface area contributed by atoms with Gasteiger partial charge in [-0.2, -0.15) is 9.78 Å². The van der Waals surface area contributed by atoms with Gasteiger partial charge in [-0.25, -0.2) is 0 Å². The average Bonchev–Trinajstić information content (AvgIpc) is 2.87. The molecule has 0 fully saturated rings. The molecule has 1 atom stereocenters. The molecule has 1 N–H and O–H groups in total. The molecular weight excluding hydrogens is 442 g/mol. The molecule has 0 radical (unpaired) electrons. The number of carbonyl (C=O) groups excluding carboxylic acids is 1. The molecule has 4 aromatic rings. The average molecular weight is 468 g/mol. The van der Waals surface area contributed by atoms with Gasteiger partial charge in [0.15, 0.2) is 0 Å². The second kappa shape index (κ2) is 9.69. The van der Waals surface area contributed by atoms with Gasteiger partial charge >= 0.3 is 0 Å². The Kier molecular flexibility index (Phi) is 6.32. The normalized spacial score (nSPS) is 14.9. The molecule has 34 heavy (non-hydrogen) atoms. The Morgan fingerprint density at radius 3 is 2.53 bits per heavy atom. The minimum absolute atomic E-state index is 0.0249. The van der Waals surface area contributed by atoms with Crippen LogP contribution >= 0.6 is 11.8 Å². The number of aryl methyl sites for hydroxylation is 2. The lowest BCUT2D eigenvalue weighted by molar-refractivity contribution is 0.0932.